The fraction of sp³-hybridized carbons (Fsp3) is 0.667. The first-order valence-electron chi connectivity index (χ1n) is 10.2. The van der Waals surface area contributed by atoms with Gasteiger partial charge in [-0.25, -0.2) is 0 Å². The lowest BCUT2D eigenvalue weighted by molar-refractivity contribution is -0.122. The summed E-state index contributed by atoms with van der Waals surface area (Å²) < 4.78 is 1.40. The van der Waals surface area contributed by atoms with E-state index in [0.29, 0.717) is 22.7 Å². The number of likely N-dealkylation sites (tertiary alicyclic amines) is 1. The van der Waals surface area contributed by atoms with Crippen molar-refractivity contribution in [2.45, 2.75) is 59.5 Å². The van der Waals surface area contributed by atoms with Gasteiger partial charge in [0.15, 0.2) is 0 Å². The molecule has 2 amide bonds. The van der Waals surface area contributed by atoms with E-state index in [9.17, 15) is 14.4 Å². The van der Waals surface area contributed by atoms with Gasteiger partial charge in [-0.3, -0.25) is 14.4 Å². The van der Waals surface area contributed by atoms with Crippen LogP contribution in [0.4, 0.5) is 0 Å². The van der Waals surface area contributed by atoms with Gasteiger partial charge in [0.1, 0.15) is 6.54 Å². The van der Waals surface area contributed by atoms with E-state index in [4.69, 9.17) is 0 Å². The van der Waals surface area contributed by atoms with Crippen molar-refractivity contribution in [3.05, 3.63) is 33.2 Å². The minimum absolute atomic E-state index is 0. The zero-order chi connectivity index (χ0) is 20.8. The SMILES string of the molecule is CNCCC1CCN(C(=O)c2c(C)cc(=O)n(CC(=O)NC(C)C)c2C)CC1.Cl. The number of nitrogens with one attached hydrogen (secondary N) is 2. The molecule has 1 aliphatic heterocycles. The Morgan fingerprint density at radius 3 is 2.38 bits per heavy atom. The molecule has 1 aromatic heterocycles. The van der Waals surface area contributed by atoms with Crippen LogP contribution in [0, 0.1) is 19.8 Å². The van der Waals surface area contributed by atoms with Crippen LogP contribution in [-0.4, -0.2) is 54.0 Å². The average Bonchev–Trinajstić information content (AvgIpc) is 2.63. The second-order valence-electron chi connectivity index (χ2n) is 8.06. The van der Waals surface area contributed by atoms with Crippen LogP contribution in [0.1, 0.15) is 54.7 Å². The fourth-order valence-corrected chi connectivity index (χ4v) is 3.88. The van der Waals surface area contributed by atoms with Gasteiger partial charge in [0.2, 0.25) is 5.91 Å². The molecule has 1 aliphatic rings. The van der Waals surface area contributed by atoms with Crippen molar-refractivity contribution < 1.29 is 9.59 Å². The van der Waals surface area contributed by atoms with Crippen LogP contribution in [-0.2, 0) is 11.3 Å². The van der Waals surface area contributed by atoms with Gasteiger partial charge in [-0.15, -0.1) is 12.4 Å². The number of carbonyl (C=O) groups is 2. The van der Waals surface area contributed by atoms with Gasteiger partial charge < -0.3 is 20.1 Å². The lowest BCUT2D eigenvalue weighted by Crippen LogP contribution is -2.41. The maximum atomic E-state index is 13.2. The predicted octanol–water partition coefficient (Wildman–Crippen LogP) is 1.87. The second-order valence-corrected chi connectivity index (χ2v) is 8.06. The highest BCUT2D eigenvalue weighted by molar-refractivity contribution is 5.96. The molecule has 1 saturated heterocycles. The Bertz CT molecular complexity index is 768. The molecule has 0 atom stereocenters. The molecule has 0 unspecified atom stereocenters. The monoisotopic (exact) mass is 426 g/mol. The van der Waals surface area contributed by atoms with E-state index < -0.39 is 0 Å². The summed E-state index contributed by atoms with van der Waals surface area (Å²) in [4.78, 5) is 39.6. The van der Waals surface area contributed by atoms with Crippen molar-refractivity contribution in [3.63, 3.8) is 0 Å². The Morgan fingerprint density at radius 1 is 1.21 bits per heavy atom. The molecule has 0 spiro atoms. The normalized spacial score (nSPS) is 14.6. The molecule has 2 heterocycles. The molecule has 7 nitrogen and oxygen atoms in total. The van der Waals surface area contributed by atoms with E-state index in [0.717, 1.165) is 38.9 Å². The molecule has 0 aliphatic carbocycles. The van der Waals surface area contributed by atoms with Crippen molar-refractivity contribution in [2.24, 2.45) is 5.92 Å². The lowest BCUT2D eigenvalue weighted by atomic mass is 9.93. The quantitative estimate of drug-likeness (QED) is 0.697. The number of hydrogen-bond donors (Lipinski definition) is 2. The van der Waals surface area contributed by atoms with Gasteiger partial charge in [-0.2, -0.15) is 0 Å². The van der Waals surface area contributed by atoms with Crippen LogP contribution in [0.5, 0.6) is 0 Å². The molecule has 0 radical (unpaired) electrons. The molecule has 29 heavy (non-hydrogen) atoms. The second kappa shape index (κ2) is 11.4. The molecule has 1 aromatic rings. The van der Waals surface area contributed by atoms with E-state index >= 15 is 0 Å². The minimum Gasteiger partial charge on any atom is -0.352 e. The van der Waals surface area contributed by atoms with Crippen LogP contribution in [0.15, 0.2) is 10.9 Å². The van der Waals surface area contributed by atoms with Gasteiger partial charge in [-0.05, 0) is 72.0 Å². The summed E-state index contributed by atoms with van der Waals surface area (Å²) in [6.07, 6.45) is 3.14. The van der Waals surface area contributed by atoms with Gasteiger partial charge in [0.25, 0.3) is 11.5 Å². The van der Waals surface area contributed by atoms with E-state index in [2.05, 4.69) is 10.6 Å². The van der Waals surface area contributed by atoms with E-state index in [1.165, 1.54) is 10.6 Å². The van der Waals surface area contributed by atoms with Gasteiger partial charge in [-0.1, -0.05) is 0 Å². The highest BCUT2D eigenvalue weighted by Gasteiger charge is 2.27. The van der Waals surface area contributed by atoms with Crippen molar-refractivity contribution in [1.82, 2.24) is 20.1 Å². The summed E-state index contributed by atoms with van der Waals surface area (Å²) in [6.45, 7) is 9.69. The Morgan fingerprint density at radius 2 is 1.83 bits per heavy atom. The maximum Gasteiger partial charge on any atom is 0.255 e. The molecule has 0 aromatic carbocycles. The van der Waals surface area contributed by atoms with E-state index in [1.54, 1.807) is 13.8 Å². The smallest absolute Gasteiger partial charge is 0.255 e. The molecule has 1 fully saturated rings. The number of halogens is 1. The number of hydrogen-bond acceptors (Lipinski definition) is 4. The predicted molar refractivity (Wildman–Crippen MR) is 118 cm³/mol. The number of aromatic nitrogens is 1. The largest absolute Gasteiger partial charge is 0.352 e. The van der Waals surface area contributed by atoms with Crippen LogP contribution in [0.25, 0.3) is 0 Å². The van der Waals surface area contributed by atoms with Crippen molar-refractivity contribution in [2.75, 3.05) is 26.7 Å². The number of carbonyl (C=O) groups excluding carboxylic acids is 2. The standard InChI is InChI=1S/C21H34N4O3.ClH/c1-14(2)23-18(26)13-25-16(4)20(15(3)12-19(25)27)21(28)24-10-7-17(8-11-24)6-9-22-5;/h12,14,17,22H,6-11,13H2,1-5H3,(H,23,26);1H. The van der Waals surface area contributed by atoms with Crippen molar-refractivity contribution in [1.29, 1.82) is 0 Å². The number of nitrogens with zero attached hydrogens (tertiary/aromatic N) is 2. The van der Waals surface area contributed by atoms with Crippen LogP contribution in [0.3, 0.4) is 0 Å². The molecular formula is C21H35ClN4O3. The minimum atomic E-state index is -0.253. The number of rotatable bonds is 7. The highest BCUT2D eigenvalue weighted by atomic mass is 35.5. The summed E-state index contributed by atoms with van der Waals surface area (Å²) >= 11 is 0. The molecule has 2 rings (SSSR count). The van der Waals surface area contributed by atoms with Gasteiger partial charge >= 0.3 is 0 Å². The van der Waals surface area contributed by atoms with Gasteiger partial charge in [0, 0.05) is 30.9 Å². The molecular weight excluding hydrogens is 392 g/mol. The summed E-state index contributed by atoms with van der Waals surface area (Å²) in [5.74, 6) is 0.375. The van der Waals surface area contributed by atoms with Crippen molar-refractivity contribution >= 4 is 24.2 Å². The molecule has 0 bridgehead atoms. The van der Waals surface area contributed by atoms with Crippen molar-refractivity contribution in [3.8, 4) is 0 Å². The number of pyridine rings is 1. The molecule has 0 saturated carbocycles. The fourth-order valence-electron chi connectivity index (χ4n) is 3.88. The highest BCUT2D eigenvalue weighted by Crippen LogP contribution is 2.23. The lowest BCUT2D eigenvalue weighted by Gasteiger charge is -2.33. The third kappa shape index (κ3) is 6.57. The Labute approximate surface area is 179 Å². The molecule has 164 valence electrons. The average molecular weight is 427 g/mol. The third-order valence-electron chi connectivity index (χ3n) is 5.44. The Hall–Kier alpha value is -1.86. The Kier molecular flexibility index (Phi) is 9.86. The first kappa shape index (κ1) is 25.2. The maximum absolute atomic E-state index is 13.2. The summed E-state index contributed by atoms with van der Waals surface area (Å²) in [5, 5.41) is 5.98. The van der Waals surface area contributed by atoms with Crippen LogP contribution < -0.4 is 16.2 Å². The summed E-state index contributed by atoms with van der Waals surface area (Å²) in [7, 11) is 1.96. The van der Waals surface area contributed by atoms with Crippen LogP contribution >= 0.6 is 12.4 Å². The number of amides is 2. The zero-order valence-corrected chi connectivity index (χ0v) is 19.0. The van der Waals surface area contributed by atoms with E-state index in [1.807, 2.05) is 25.8 Å². The summed E-state index contributed by atoms with van der Waals surface area (Å²) in [6, 6.07) is 1.46. The third-order valence-corrected chi connectivity index (χ3v) is 5.44. The zero-order valence-electron chi connectivity index (χ0n) is 18.2. The first-order chi connectivity index (χ1) is 13.2. The molecule has 8 heteroatoms. The number of piperidine rings is 1. The topological polar surface area (TPSA) is 83.4 Å². The van der Waals surface area contributed by atoms with E-state index in [-0.39, 0.29) is 42.4 Å². The first-order valence-corrected chi connectivity index (χ1v) is 10.2. The Balaban J connectivity index is 0.00000420. The molecule has 2 N–H and O–H groups in total. The van der Waals surface area contributed by atoms with Gasteiger partial charge in [0.05, 0.1) is 5.56 Å². The van der Waals surface area contributed by atoms with Crippen LogP contribution in [0.2, 0.25) is 0 Å². The summed E-state index contributed by atoms with van der Waals surface area (Å²) in [5.41, 5.74) is 1.53. The number of aryl methyl sites for hydroxylation is 1.